The summed E-state index contributed by atoms with van der Waals surface area (Å²) in [6, 6.07) is 1.71. The summed E-state index contributed by atoms with van der Waals surface area (Å²) in [6.07, 6.45) is 1.05. The fourth-order valence-corrected chi connectivity index (χ4v) is 1.51. The predicted molar refractivity (Wildman–Crippen MR) is 56.9 cm³/mol. The number of anilines is 1. The van der Waals surface area contributed by atoms with Crippen molar-refractivity contribution in [2.45, 2.75) is 13.3 Å². The first kappa shape index (κ1) is 10.9. The van der Waals surface area contributed by atoms with E-state index in [1.807, 2.05) is 6.92 Å². The van der Waals surface area contributed by atoms with Gasteiger partial charge in [-0.3, -0.25) is 0 Å². The summed E-state index contributed by atoms with van der Waals surface area (Å²) in [5.74, 6) is 0.541. The maximum atomic E-state index is 10.4. The van der Waals surface area contributed by atoms with E-state index in [0.717, 1.165) is 17.4 Å². The third-order valence-electron chi connectivity index (χ3n) is 2.11. The smallest absolute Gasteiger partial charge is 0.145 e. The largest absolute Gasteiger partial charge is 0.494 e. The first-order valence-corrected chi connectivity index (χ1v) is 4.54. The Morgan fingerprint density at radius 3 is 2.79 bits per heavy atom. The Morgan fingerprint density at radius 1 is 1.64 bits per heavy atom. The van der Waals surface area contributed by atoms with Crippen molar-refractivity contribution in [2.24, 2.45) is 0 Å². The van der Waals surface area contributed by atoms with Gasteiger partial charge in [-0.1, -0.05) is 11.6 Å². The van der Waals surface area contributed by atoms with Crippen LogP contribution in [-0.2, 0) is 11.2 Å². The Kier molecular flexibility index (Phi) is 3.36. The molecule has 0 fully saturated rings. The molecule has 0 aliphatic heterocycles. The number of nitrogens with two attached hydrogens (primary N) is 1. The Hall–Kier alpha value is -1.22. The van der Waals surface area contributed by atoms with E-state index in [9.17, 15) is 4.79 Å². The Labute approximate surface area is 87.8 Å². The van der Waals surface area contributed by atoms with Crippen LogP contribution in [0.15, 0.2) is 6.07 Å². The monoisotopic (exact) mass is 213 g/mol. The summed E-state index contributed by atoms with van der Waals surface area (Å²) in [7, 11) is 1.52. The van der Waals surface area contributed by atoms with Crippen LogP contribution >= 0.6 is 11.6 Å². The SMILES string of the molecule is COc1c(CC=O)cc(Cl)c(C)c1N. The van der Waals surface area contributed by atoms with Crippen LogP contribution < -0.4 is 10.5 Å². The van der Waals surface area contributed by atoms with E-state index in [1.54, 1.807) is 6.07 Å². The average molecular weight is 214 g/mol. The van der Waals surface area contributed by atoms with E-state index in [4.69, 9.17) is 22.1 Å². The molecule has 76 valence electrons. The standard InChI is InChI=1S/C10H12ClNO2/c1-6-8(11)5-7(3-4-13)10(14-2)9(6)12/h4-5H,3,12H2,1-2H3. The number of methoxy groups -OCH3 is 1. The van der Waals surface area contributed by atoms with Gasteiger partial charge < -0.3 is 15.3 Å². The summed E-state index contributed by atoms with van der Waals surface area (Å²) in [4.78, 5) is 10.4. The highest BCUT2D eigenvalue weighted by atomic mass is 35.5. The molecule has 0 aliphatic rings. The lowest BCUT2D eigenvalue weighted by atomic mass is 10.1. The normalized spacial score (nSPS) is 9.93. The maximum absolute atomic E-state index is 10.4. The van der Waals surface area contributed by atoms with E-state index < -0.39 is 0 Å². The summed E-state index contributed by atoms with van der Waals surface area (Å²) in [6.45, 7) is 1.81. The third kappa shape index (κ3) is 1.82. The minimum absolute atomic E-state index is 0.257. The zero-order valence-corrected chi connectivity index (χ0v) is 8.89. The summed E-state index contributed by atoms with van der Waals surface area (Å²) >= 11 is 5.93. The zero-order valence-electron chi connectivity index (χ0n) is 8.13. The molecule has 0 saturated carbocycles. The molecule has 14 heavy (non-hydrogen) atoms. The number of carbonyl (C=O) groups excluding carboxylic acids is 1. The predicted octanol–water partition coefficient (Wildman–Crippen LogP) is 1.98. The molecule has 0 amide bonds. The molecule has 0 aromatic heterocycles. The second kappa shape index (κ2) is 4.33. The van der Waals surface area contributed by atoms with Gasteiger partial charge in [0.05, 0.1) is 12.8 Å². The van der Waals surface area contributed by atoms with Crippen LogP contribution in [0.4, 0.5) is 5.69 Å². The molecule has 1 aromatic rings. The molecule has 2 N–H and O–H groups in total. The summed E-state index contributed by atoms with van der Waals surface area (Å²) in [5, 5.41) is 0.556. The average Bonchev–Trinajstić information content (AvgIpc) is 2.16. The van der Waals surface area contributed by atoms with Crippen LogP contribution in [0, 0.1) is 6.92 Å². The van der Waals surface area contributed by atoms with Gasteiger partial charge in [-0.25, -0.2) is 0 Å². The van der Waals surface area contributed by atoms with Crippen LogP contribution in [0.1, 0.15) is 11.1 Å². The lowest BCUT2D eigenvalue weighted by Crippen LogP contribution is -2.01. The number of aldehydes is 1. The molecule has 0 aliphatic carbocycles. The van der Waals surface area contributed by atoms with Crippen LogP contribution in [-0.4, -0.2) is 13.4 Å². The Balaban J connectivity index is 3.35. The summed E-state index contributed by atoms with van der Waals surface area (Å²) in [5.41, 5.74) is 7.79. The fourth-order valence-electron chi connectivity index (χ4n) is 1.28. The maximum Gasteiger partial charge on any atom is 0.145 e. The van der Waals surface area contributed by atoms with Crippen LogP contribution in [0.5, 0.6) is 5.75 Å². The van der Waals surface area contributed by atoms with Gasteiger partial charge in [0.2, 0.25) is 0 Å². The number of ether oxygens (including phenoxy) is 1. The Morgan fingerprint density at radius 2 is 2.29 bits per heavy atom. The number of hydrogen-bond acceptors (Lipinski definition) is 3. The molecule has 0 atom stereocenters. The molecule has 0 bridgehead atoms. The van der Waals surface area contributed by atoms with Gasteiger partial charge in [0.25, 0.3) is 0 Å². The number of rotatable bonds is 3. The van der Waals surface area contributed by atoms with E-state index in [1.165, 1.54) is 7.11 Å². The first-order valence-electron chi connectivity index (χ1n) is 4.16. The van der Waals surface area contributed by atoms with Gasteiger partial charge in [0, 0.05) is 17.0 Å². The molecule has 1 aromatic carbocycles. The van der Waals surface area contributed by atoms with Gasteiger partial charge in [-0.15, -0.1) is 0 Å². The lowest BCUT2D eigenvalue weighted by Gasteiger charge is -2.12. The molecular weight excluding hydrogens is 202 g/mol. The first-order chi connectivity index (χ1) is 6.61. The second-order valence-corrected chi connectivity index (χ2v) is 3.37. The molecule has 0 spiro atoms. The van der Waals surface area contributed by atoms with Crippen LogP contribution in [0.2, 0.25) is 5.02 Å². The fraction of sp³-hybridized carbons (Fsp3) is 0.300. The van der Waals surface area contributed by atoms with Crippen molar-refractivity contribution in [1.82, 2.24) is 0 Å². The number of halogens is 1. The third-order valence-corrected chi connectivity index (χ3v) is 2.50. The molecule has 0 radical (unpaired) electrons. The quantitative estimate of drug-likeness (QED) is 0.617. The number of benzene rings is 1. The van der Waals surface area contributed by atoms with Crippen molar-refractivity contribution in [1.29, 1.82) is 0 Å². The van der Waals surface area contributed by atoms with Gasteiger partial charge in [-0.2, -0.15) is 0 Å². The van der Waals surface area contributed by atoms with Gasteiger partial charge >= 0.3 is 0 Å². The van der Waals surface area contributed by atoms with E-state index in [0.29, 0.717) is 16.5 Å². The number of hydrogen-bond donors (Lipinski definition) is 1. The topological polar surface area (TPSA) is 52.3 Å². The van der Waals surface area contributed by atoms with Crippen LogP contribution in [0.25, 0.3) is 0 Å². The van der Waals surface area contributed by atoms with Gasteiger partial charge in [-0.05, 0) is 18.6 Å². The van der Waals surface area contributed by atoms with Crippen molar-refractivity contribution in [3.63, 3.8) is 0 Å². The van der Waals surface area contributed by atoms with Crippen LogP contribution in [0.3, 0.4) is 0 Å². The highest BCUT2D eigenvalue weighted by molar-refractivity contribution is 6.32. The Bertz CT molecular complexity index is 364. The van der Waals surface area contributed by atoms with Crippen molar-refractivity contribution in [2.75, 3.05) is 12.8 Å². The molecule has 1 rings (SSSR count). The molecule has 4 heteroatoms. The molecule has 0 saturated heterocycles. The molecule has 0 heterocycles. The van der Waals surface area contributed by atoms with Crippen molar-refractivity contribution in [3.05, 3.63) is 22.2 Å². The highest BCUT2D eigenvalue weighted by Crippen LogP contribution is 2.34. The lowest BCUT2D eigenvalue weighted by molar-refractivity contribution is -0.107. The second-order valence-electron chi connectivity index (χ2n) is 2.96. The molecule has 3 nitrogen and oxygen atoms in total. The number of nitrogen functional groups attached to an aromatic ring is 1. The van der Waals surface area contributed by atoms with Crippen molar-refractivity contribution in [3.8, 4) is 5.75 Å². The zero-order chi connectivity index (χ0) is 10.7. The van der Waals surface area contributed by atoms with Gasteiger partial charge in [0.1, 0.15) is 12.0 Å². The van der Waals surface area contributed by atoms with E-state index in [-0.39, 0.29) is 6.42 Å². The minimum atomic E-state index is 0.257. The summed E-state index contributed by atoms with van der Waals surface area (Å²) < 4.78 is 5.12. The van der Waals surface area contributed by atoms with Crippen molar-refractivity contribution >= 4 is 23.6 Å². The number of carbonyl (C=O) groups is 1. The molecular formula is C10H12ClNO2. The highest BCUT2D eigenvalue weighted by Gasteiger charge is 2.12. The van der Waals surface area contributed by atoms with Crippen molar-refractivity contribution < 1.29 is 9.53 Å². The van der Waals surface area contributed by atoms with E-state index >= 15 is 0 Å². The van der Waals surface area contributed by atoms with Gasteiger partial charge in [0.15, 0.2) is 0 Å². The molecule has 0 unspecified atom stereocenters. The minimum Gasteiger partial charge on any atom is -0.494 e. The van der Waals surface area contributed by atoms with E-state index in [2.05, 4.69) is 0 Å².